The highest BCUT2D eigenvalue weighted by atomic mass is 32.2. The predicted octanol–water partition coefficient (Wildman–Crippen LogP) is 5.04. The third-order valence-electron chi connectivity index (χ3n) is 4.19. The molecule has 0 aliphatic heterocycles. The van der Waals surface area contributed by atoms with Gasteiger partial charge in [-0.15, -0.1) is 0 Å². The largest absolute Gasteiger partial charge is 0.268 e. The fraction of sp³-hybridized carbons (Fsp3) is 0.143. The molecule has 0 amide bonds. The number of aromatic nitrogens is 2. The van der Waals surface area contributed by atoms with E-state index in [1.165, 1.54) is 0 Å². The minimum absolute atomic E-state index is 0.0134. The molecule has 4 aromatic rings. The Morgan fingerprint density at radius 1 is 0.920 bits per heavy atom. The van der Waals surface area contributed by atoms with Crippen molar-refractivity contribution >= 4 is 33.4 Å². The van der Waals surface area contributed by atoms with Gasteiger partial charge in [-0.25, -0.2) is 4.98 Å². The quantitative estimate of drug-likeness (QED) is 0.383. The molecule has 0 spiro atoms. The second-order valence-corrected chi connectivity index (χ2v) is 6.96. The van der Waals surface area contributed by atoms with Gasteiger partial charge in [0.05, 0.1) is 16.6 Å². The lowest BCUT2D eigenvalue weighted by molar-refractivity contribution is 0.824. The number of thioether (sulfide) groups is 1. The summed E-state index contributed by atoms with van der Waals surface area (Å²) in [5, 5.41) is 3.58. The molecule has 0 saturated heterocycles. The second-order valence-electron chi connectivity index (χ2n) is 5.90. The third-order valence-corrected chi connectivity index (χ3v) is 5.33. The molecule has 3 nitrogen and oxygen atoms in total. The molecule has 0 saturated carbocycles. The van der Waals surface area contributed by atoms with Crippen molar-refractivity contribution in [1.29, 1.82) is 0 Å². The molecule has 4 heteroatoms. The van der Waals surface area contributed by atoms with Crippen molar-refractivity contribution in [1.82, 2.24) is 9.55 Å². The van der Waals surface area contributed by atoms with Crippen LogP contribution in [0.1, 0.15) is 13.3 Å². The lowest BCUT2D eigenvalue weighted by Crippen LogP contribution is -2.22. The SMILES string of the molecule is CCCSc1nc2ccccc2c(=O)n1-c1cccc2ccccc12. The maximum absolute atomic E-state index is 13.3. The van der Waals surface area contributed by atoms with Crippen molar-refractivity contribution in [3.8, 4) is 5.69 Å². The van der Waals surface area contributed by atoms with Crippen LogP contribution in [0, 0.1) is 0 Å². The van der Waals surface area contributed by atoms with Gasteiger partial charge in [-0.3, -0.25) is 9.36 Å². The van der Waals surface area contributed by atoms with Gasteiger partial charge < -0.3 is 0 Å². The summed E-state index contributed by atoms with van der Waals surface area (Å²) in [7, 11) is 0. The molecule has 25 heavy (non-hydrogen) atoms. The van der Waals surface area contributed by atoms with Crippen molar-refractivity contribution in [2.45, 2.75) is 18.5 Å². The number of para-hydroxylation sites is 1. The van der Waals surface area contributed by atoms with E-state index >= 15 is 0 Å². The molecule has 0 aliphatic carbocycles. The number of fused-ring (bicyclic) bond motifs is 2. The van der Waals surface area contributed by atoms with Crippen LogP contribution in [0.2, 0.25) is 0 Å². The van der Waals surface area contributed by atoms with E-state index in [0.29, 0.717) is 5.39 Å². The molecule has 4 rings (SSSR count). The van der Waals surface area contributed by atoms with E-state index in [4.69, 9.17) is 4.98 Å². The predicted molar refractivity (Wildman–Crippen MR) is 106 cm³/mol. The highest BCUT2D eigenvalue weighted by Gasteiger charge is 2.14. The van der Waals surface area contributed by atoms with Gasteiger partial charge in [0.1, 0.15) is 0 Å². The van der Waals surface area contributed by atoms with Crippen LogP contribution in [0.4, 0.5) is 0 Å². The number of nitrogens with zero attached hydrogens (tertiary/aromatic N) is 2. The summed E-state index contributed by atoms with van der Waals surface area (Å²) in [5.74, 6) is 0.926. The summed E-state index contributed by atoms with van der Waals surface area (Å²) in [6, 6.07) is 21.8. The van der Waals surface area contributed by atoms with E-state index in [-0.39, 0.29) is 5.56 Å². The first-order chi connectivity index (χ1) is 12.3. The van der Waals surface area contributed by atoms with Crippen LogP contribution in [0.3, 0.4) is 0 Å². The molecular formula is C21H18N2OS. The van der Waals surface area contributed by atoms with Crippen molar-refractivity contribution in [2.75, 3.05) is 5.75 Å². The Labute approximate surface area is 150 Å². The monoisotopic (exact) mass is 346 g/mol. The Kier molecular flexibility index (Phi) is 4.28. The minimum Gasteiger partial charge on any atom is -0.268 e. The first kappa shape index (κ1) is 15.9. The summed E-state index contributed by atoms with van der Waals surface area (Å²) >= 11 is 1.63. The third kappa shape index (κ3) is 2.83. The van der Waals surface area contributed by atoms with Gasteiger partial charge in [-0.05, 0) is 30.0 Å². The Morgan fingerprint density at radius 3 is 2.48 bits per heavy atom. The van der Waals surface area contributed by atoms with Crippen LogP contribution < -0.4 is 5.56 Å². The summed E-state index contributed by atoms with van der Waals surface area (Å²) in [6.45, 7) is 2.13. The average Bonchev–Trinajstić information content (AvgIpc) is 2.66. The first-order valence-electron chi connectivity index (χ1n) is 8.42. The van der Waals surface area contributed by atoms with Crippen LogP contribution >= 0.6 is 11.8 Å². The van der Waals surface area contributed by atoms with Crippen LogP contribution in [0.15, 0.2) is 76.7 Å². The minimum atomic E-state index is -0.0134. The number of rotatable bonds is 4. The molecule has 0 radical (unpaired) electrons. The zero-order chi connectivity index (χ0) is 17.2. The van der Waals surface area contributed by atoms with Gasteiger partial charge in [-0.2, -0.15) is 0 Å². The Balaban J connectivity index is 2.08. The normalized spacial score (nSPS) is 11.2. The Hall–Kier alpha value is -2.59. The van der Waals surface area contributed by atoms with E-state index in [1.54, 1.807) is 16.3 Å². The average molecular weight is 346 g/mol. The van der Waals surface area contributed by atoms with Gasteiger partial charge >= 0.3 is 0 Å². The lowest BCUT2D eigenvalue weighted by atomic mass is 10.1. The zero-order valence-electron chi connectivity index (χ0n) is 14.0. The van der Waals surface area contributed by atoms with E-state index in [0.717, 1.165) is 39.3 Å². The van der Waals surface area contributed by atoms with E-state index in [2.05, 4.69) is 25.1 Å². The fourth-order valence-corrected chi connectivity index (χ4v) is 3.88. The van der Waals surface area contributed by atoms with Gasteiger partial charge in [-0.1, -0.05) is 67.2 Å². The Morgan fingerprint density at radius 2 is 1.64 bits per heavy atom. The standard InChI is InChI=1S/C21H18N2OS/c1-2-14-25-21-22-18-12-6-5-11-17(18)20(24)23(21)19-13-7-9-15-8-3-4-10-16(15)19/h3-13H,2,14H2,1H3. The summed E-state index contributed by atoms with van der Waals surface area (Å²) < 4.78 is 1.77. The van der Waals surface area contributed by atoms with E-state index < -0.39 is 0 Å². The summed E-state index contributed by atoms with van der Waals surface area (Å²) in [4.78, 5) is 18.0. The fourth-order valence-electron chi connectivity index (χ4n) is 3.02. The number of hydrogen-bond donors (Lipinski definition) is 0. The Bertz CT molecular complexity index is 1110. The van der Waals surface area contributed by atoms with Crippen LogP contribution in [-0.2, 0) is 0 Å². The van der Waals surface area contributed by atoms with Crippen LogP contribution in [-0.4, -0.2) is 15.3 Å². The highest BCUT2D eigenvalue weighted by Crippen LogP contribution is 2.26. The molecule has 124 valence electrons. The molecule has 0 fully saturated rings. The van der Waals surface area contributed by atoms with Gasteiger partial charge in [0.25, 0.3) is 5.56 Å². The smallest absolute Gasteiger partial charge is 0.266 e. The molecular weight excluding hydrogens is 328 g/mol. The van der Waals surface area contributed by atoms with Crippen molar-refractivity contribution in [3.63, 3.8) is 0 Å². The number of hydrogen-bond acceptors (Lipinski definition) is 3. The molecule has 0 unspecified atom stereocenters. The van der Waals surface area contributed by atoms with Crippen molar-refractivity contribution in [2.24, 2.45) is 0 Å². The van der Waals surface area contributed by atoms with Gasteiger partial charge in [0, 0.05) is 11.1 Å². The van der Waals surface area contributed by atoms with Gasteiger partial charge in [0.15, 0.2) is 5.16 Å². The molecule has 0 N–H and O–H groups in total. The maximum atomic E-state index is 13.3. The van der Waals surface area contributed by atoms with E-state index in [1.807, 2.05) is 48.5 Å². The van der Waals surface area contributed by atoms with E-state index in [9.17, 15) is 4.79 Å². The number of benzene rings is 3. The van der Waals surface area contributed by atoms with Crippen LogP contribution in [0.25, 0.3) is 27.4 Å². The second kappa shape index (κ2) is 6.73. The summed E-state index contributed by atoms with van der Waals surface area (Å²) in [5.41, 5.74) is 1.63. The topological polar surface area (TPSA) is 34.9 Å². The van der Waals surface area contributed by atoms with Crippen molar-refractivity contribution in [3.05, 3.63) is 77.1 Å². The van der Waals surface area contributed by atoms with Crippen LogP contribution in [0.5, 0.6) is 0 Å². The molecule has 3 aromatic carbocycles. The first-order valence-corrected chi connectivity index (χ1v) is 9.41. The van der Waals surface area contributed by atoms with Crippen molar-refractivity contribution < 1.29 is 0 Å². The molecule has 0 aliphatic rings. The maximum Gasteiger partial charge on any atom is 0.266 e. The zero-order valence-corrected chi connectivity index (χ0v) is 14.8. The molecule has 0 atom stereocenters. The summed E-state index contributed by atoms with van der Waals surface area (Å²) in [6.07, 6.45) is 1.03. The molecule has 1 heterocycles. The molecule has 1 aromatic heterocycles. The lowest BCUT2D eigenvalue weighted by Gasteiger charge is -2.15. The molecule has 0 bridgehead atoms. The highest BCUT2D eigenvalue weighted by molar-refractivity contribution is 7.99. The van der Waals surface area contributed by atoms with Gasteiger partial charge in [0.2, 0.25) is 0 Å².